The first-order valence-electron chi connectivity index (χ1n) is 9.02. The van der Waals surface area contributed by atoms with Gasteiger partial charge in [0.1, 0.15) is 5.75 Å². The molecule has 0 unspecified atom stereocenters. The van der Waals surface area contributed by atoms with Crippen molar-refractivity contribution in [1.29, 1.82) is 0 Å². The lowest BCUT2D eigenvalue weighted by molar-refractivity contribution is 0.414. The molecule has 0 fully saturated rings. The number of hydrogen-bond acceptors (Lipinski definition) is 4. The molecule has 142 valence electrons. The van der Waals surface area contributed by atoms with Crippen molar-refractivity contribution in [2.45, 2.75) is 46.1 Å². The zero-order chi connectivity index (χ0) is 19.0. The third-order valence-electron chi connectivity index (χ3n) is 3.80. The van der Waals surface area contributed by atoms with Gasteiger partial charge in [0.05, 0.1) is 24.4 Å². The van der Waals surface area contributed by atoms with E-state index in [1.54, 1.807) is 18.4 Å². The van der Waals surface area contributed by atoms with Crippen LogP contribution in [0.4, 0.5) is 0 Å². The molecule has 0 saturated heterocycles. The normalized spacial score (nSPS) is 12.1. The average Bonchev–Trinajstić information content (AvgIpc) is 3.10. The zero-order valence-corrected chi connectivity index (χ0v) is 17.2. The molecule has 0 atom stereocenters. The Morgan fingerprint density at radius 3 is 2.50 bits per heavy atom. The van der Waals surface area contributed by atoms with Crippen molar-refractivity contribution in [2.75, 3.05) is 20.2 Å². The summed E-state index contributed by atoms with van der Waals surface area (Å²) in [5.74, 6) is 1.71. The number of aliphatic imine (C=N–C) groups is 1. The fraction of sp³-hybridized carbons (Fsp3) is 0.500. The number of methoxy groups -OCH3 is 1. The summed E-state index contributed by atoms with van der Waals surface area (Å²) in [6.45, 7) is 10.9. The van der Waals surface area contributed by atoms with Crippen LogP contribution in [0.2, 0.25) is 0 Å². The molecule has 1 aromatic carbocycles. The number of rotatable bonds is 7. The number of guanidine groups is 1. The molecule has 0 aliphatic heterocycles. The molecule has 0 amide bonds. The molecular formula is C20H30N4OS. The van der Waals surface area contributed by atoms with Crippen LogP contribution in [0.3, 0.4) is 0 Å². The first kappa shape index (κ1) is 20.2. The molecule has 6 heteroatoms. The number of thiazole rings is 1. The molecule has 0 aliphatic carbocycles. The summed E-state index contributed by atoms with van der Waals surface area (Å²) in [5.41, 5.74) is 2.38. The van der Waals surface area contributed by atoms with E-state index in [1.807, 2.05) is 12.1 Å². The van der Waals surface area contributed by atoms with Gasteiger partial charge in [0.15, 0.2) is 5.96 Å². The minimum Gasteiger partial charge on any atom is -0.497 e. The highest BCUT2D eigenvalue weighted by Crippen LogP contribution is 2.25. The maximum Gasteiger partial charge on any atom is 0.191 e. The second-order valence-electron chi connectivity index (χ2n) is 7.11. The Bertz CT molecular complexity index is 701. The lowest BCUT2D eigenvalue weighted by Crippen LogP contribution is -2.38. The van der Waals surface area contributed by atoms with E-state index in [4.69, 9.17) is 9.72 Å². The van der Waals surface area contributed by atoms with Crippen molar-refractivity contribution in [3.63, 3.8) is 0 Å². The van der Waals surface area contributed by atoms with Gasteiger partial charge < -0.3 is 15.4 Å². The number of ether oxygens (including phenoxy) is 1. The van der Waals surface area contributed by atoms with E-state index in [0.717, 1.165) is 41.9 Å². The van der Waals surface area contributed by atoms with E-state index in [-0.39, 0.29) is 5.41 Å². The van der Waals surface area contributed by atoms with Crippen LogP contribution in [0.1, 0.15) is 44.0 Å². The van der Waals surface area contributed by atoms with Crippen LogP contribution in [0.25, 0.3) is 0 Å². The summed E-state index contributed by atoms with van der Waals surface area (Å²) in [4.78, 5) is 9.36. The van der Waals surface area contributed by atoms with Gasteiger partial charge in [0.25, 0.3) is 0 Å². The van der Waals surface area contributed by atoms with Gasteiger partial charge >= 0.3 is 0 Å². The van der Waals surface area contributed by atoms with Crippen LogP contribution in [0.15, 0.2) is 34.6 Å². The zero-order valence-electron chi connectivity index (χ0n) is 16.4. The lowest BCUT2D eigenvalue weighted by atomic mass is 9.98. The van der Waals surface area contributed by atoms with Crippen LogP contribution in [-0.4, -0.2) is 31.1 Å². The van der Waals surface area contributed by atoms with Crippen LogP contribution in [0.5, 0.6) is 5.75 Å². The minimum atomic E-state index is 0.0910. The Kier molecular flexibility index (Phi) is 7.45. The summed E-state index contributed by atoms with van der Waals surface area (Å²) >= 11 is 1.71. The van der Waals surface area contributed by atoms with E-state index < -0.39 is 0 Å². The molecule has 2 N–H and O–H groups in total. The molecule has 5 nitrogen and oxygen atoms in total. The van der Waals surface area contributed by atoms with Crippen molar-refractivity contribution >= 4 is 17.3 Å². The average molecular weight is 375 g/mol. The van der Waals surface area contributed by atoms with E-state index in [2.05, 4.69) is 60.8 Å². The topological polar surface area (TPSA) is 58.5 Å². The van der Waals surface area contributed by atoms with Gasteiger partial charge in [-0.25, -0.2) is 9.98 Å². The third kappa shape index (κ3) is 6.33. The third-order valence-corrected chi connectivity index (χ3v) is 5.12. The van der Waals surface area contributed by atoms with Crippen molar-refractivity contribution in [1.82, 2.24) is 15.6 Å². The molecule has 26 heavy (non-hydrogen) atoms. The highest BCUT2D eigenvalue weighted by molar-refractivity contribution is 7.09. The Hall–Kier alpha value is -2.08. The monoisotopic (exact) mass is 374 g/mol. The van der Waals surface area contributed by atoms with E-state index in [9.17, 15) is 0 Å². The molecule has 0 bridgehead atoms. The summed E-state index contributed by atoms with van der Waals surface area (Å²) in [6.07, 6.45) is 0.930. The number of hydrogen-bond donors (Lipinski definition) is 2. The molecule has 0 spiro atoms. The molecule has 1 heterocycles. The number of nitrogens with zero attached hydrogens (tertiary/aromatic N) is 2. The number of aromatic nitrogens is 1. The van der Waals surface area contributed by atoms with Crippen molar-refractivity contribution < 1.29 is 4.74 Å². The Morgan fingerprint density at radius 2 is 1.92 bits per heavy atom. The molecule has 2 rings (SSSR count). The number of benzene rings is 1. The molecule has 0 aliphatic rings. The summed E-state index contributed by atoms with van der Waals surface area (Å²) in [5, 5.41) is 9.93. The fourth-order valence-electron chi connectivity index (χ4n) is 2.34. The van der Waals surface area contributed by atoms with Gasteiger partial charge in [-0.15, -0.1) is 11.3 Å². The molecular weight excluding hydrogens is 344 g/mol. The van der Waals surface area contributed by atoms with Crippen molar-refractivity contribution in [2.24, 2.45) is 4.99 Å². The highest BCUT2D eigenvalue weighted by Gasteiger charge is 2.17. The van der Waals surface area contributed by atoms with Crippen LogP contribution >= 0.6 is 11.3 Å². The van der Waals surface area contributed by atoms with Crippen molar-refractivity contribution in [3.05, 3.63) is 45.9 Å². The highest BCUT2D eigenvalue weighted by atomic mass is 32.1. The Morgan fingerprint density at radius 1 is 1.19 bits per heavy atom. The SMILES string of the molecule is CCNC(=NCc1csc(C(C)(C)C)n1)NCCc1ccc(OC)cc1. The summed E-state index contributed by atoms with van der Waals surface area (Å²) in [6, 6.07) is 8.16. The van der Waals surface area contributed by atoms with Crippen LogP contribution in [0, 0.1) is 0 Å². The van der Waals surface area contributed by atoms with E-state index in [0.29, 0.717) is 6.54 Å². The predicted molar refractivity (Wildman–Crippen MR) is 110 cm³/mol. The lowest BCUT2D eigenvalue weighted by Gasteiger charge is -2.13. The van der Waals surface area contributed by atoms with Gasteiger partial charge in [-0.05, 0) is 31.0 Å². The minimum absolute atomic E-state index is 0.0910. The second-order valence-corrected chi connectivity index (χ2v) is 7.97. The quantitative estimate of drug-likeness (QED) is 0.572. The molecule has 0 radical (unpaired) electrons. The maximum absolute atomic E-state index is 5.19. The maximum atomic E-state index is 5.19. The Labute approximate surface area is 160 Å². The molecule has 1 aromatic heterocycles. The summed E-state index contributed by atoms with van der Waals surface area (Å²) in [7, 11) is 1.68. The van der Waals surface area contributed by atoms with Crippen molar-refractivity contribution in [3.8, 4) is 5.75 Å². The molecule has 0 saturated carbocycles. The first-order valence-corrected chi connectivity index (χ1v) is 9.90. The fourth-order valence-corrected chi connectivity index (χ4v) is 3.24. The Balaban J connectivity index is 1.88. The van der Waals surface area contributed by atoms with Gasteiger partial charge in [-0.2, -0.15) is 0 Å². The summed E-state index contributed by atoms with van der Waals surface area (Å²) < 4.78 is 5.19. The van der Waals surface area contributed by atoms with Crippen LogP contribution in [-0.2, 0) is 18.4 Å². The standard InChI is InChI=1S/C20H30N4OS/c1-6-21-19(22-12-11-15-7-9-17(25-5)10-8-15)23-13-16-14-26-18(24-16)20(2,3)4/h7-10,14H,6,11-13H2,1-5H3,(H2,21,22,23). The molecule has 2 aromatic rings. The van der Waals surface area contributed by atoms with Crippen LogP contribution < -0.4 is 15.4 Å². The van der Waals surface area contributed by atoms with Gasteiger partial charge in [0.2, 0.25) is 0 Å². The largest absolute Gasteiger partial charge is 0.497 e. The van der Waals surface area contributed by atoms with E-state index in [1.165, 1.54) is 5.56 Å². The van der Waals surface area contributed by atoms with Gasteiger partial charge in [0, 0.05) is 23.9 Å². The van der Waals surface area contributed by atoms with E-state index >= 15 is 0 Å². The smallest absolute Gasteiger partial charge is 0.191 e. The van der Waals surface area contributed by atoms with Gasteiger partial charge in [-0.3, -0.25) is 0 Å². The van der Waals surface area contributed by atoms with Gasteiger partial charge in [-0.1, -0.05) is 32.9 Å². The predicted octanol–water partition coefficient (Wildman–Crippen LogP) is 3.75. The number of nitrogens with one attached hydrogen (secondary N) is 2. The first-order chi connectivity index (χ1) is 12.4. The second kappa shape index (κ2) is 9.57.